The largest absolute Gasteiger partial charge is 0.345 e. The average molecular weight is 331 g/mol. The molecule has 3 aromatic rings. The summed E-state index contributed by atoms with van der Waals surface area (Å²) in [7, 11) is 2.02. The summed E-state index contributed by atoms with van der Waals surface area (Å²) in [6, 6.07) is 20.0. The van der Waals surface area contributed by atoms with Crippen LogP contribution in [0, 0.1) is 12.7 Å². The van der Waals surface area contributed by atoms with Gasteiger partial charge in [-0.2, -0.15) is 0 Å². The minimum atomic E-state index is -0.210. The average Bonchev–Trinajstić information content (AvgIpc) is 2.82. The standard InChI is InChI=1S/C23H22FN/c1-15-5-11-19-20-12-10-18(14-22(20)23(2,3)21(19)13-15)25(4)17-8-6-16(24)7-9-17/h5-14H,1-4H3. The van der Waals surface area contributed by atoms with Gasteiger partial charge in [-0.15, -0.1) is 0 Å². The molecule has 1 nitrogen and oxygen atoms in total. The van der Waals surface area contributed by atoms with Crippen molar-refractivity contribution in [3.05, 3.63) is 83.2 Å². The highest BCUT2D eigenvalue weighted by atomic mass is 19.1. The van der Waals surface area contributed by atoms with E-state index in [9.17, 15) is 4.39 Å². The van der Waals surface area contributed by atoms with E-state index in [1.54, 1.807) is 0 Å². The minimum absolute atomic E-state index is 0.0175. The number of aryl methyl sites for hydroxylation is 1. The Kier molecular flexibility index (Phi) is 3.47. The van der Waals surface area contributed by atoms with Crippen LogP contribution < -0.4 is 4.90 Å². The second-order valence-corrected chi connectivity index (χ2v) is 7.44. The summed E-state index contributed by atoms with van der Waals surface area (Å²) < 4.78 is 13.2. The number of halogens is 1. The molecule has 0 aromatic heterocycles. The van der Waals surface area contributed by atoms with Crippen molar-refractivity contribution in [2.45, 2.75) is 26.2 Å². The zero-order chi connectivity index (χ0) is 17.8. The summed E-state index contributed by atoms with van der Waals surface area (Å²) in [6.07, 6.45) is 0. The first-order chi connectivity index (χ1) is 11.9. The van der Waals surface area contributed by atoms with E-state index < -0.39 is 0 Å². The number of anilines is 2. The summed E-state index contributed by atoms with van der Waals surface area (Å²) in [6.45, 7) is 6.73. The number of hydrogen-bond acceptors (Lipinski definition) is 1. The van der Waals surface area contributed by atoms with Crippen LogP contribution in [0.4, 0.5) is 15.8 Å². The summed E-state index contributed by atoms with van der Waals surface area (Å²) in [4.78, 5) is 2.10. The molecule has 1 aliphatic rings. The molecule has 3 aromatic carbocycles. The first-order valence-electron chi connectivity index (χ1n) is 8.63. The Hall–Kier alpha value is -2.61. The van der Waals surface area contributed by atoms with Gasteiger partial charge in [0.05, 0.1) is 0 Å². The van der Waals surface area contributed by atoms with Crippen LogP contribution in [0.25, 0.3) is 11.1 Å². The Morgan fingerprint density at radius 3 is 2.00 bits per heavy atom. The summed E-state index contributed by atoms with van der Waals surface area (Å²) in [5, 5.41) is 0. The molecule has 0 heterocycles. The highest BCUT2D eigenvalue weighted by molar-refractivity contribution is 5.83. The lowest BCUT2D eigenvalue weighted by atomic mass is 9.82. The topological polar surface area (TPSA) is 3.24 Å². The van der Waals surface area contributed by atoms with Crippen molar-refractivity contribution in [1.82, 2.24) is 0 Å². The van der Waals surface area contributed by atoms with Crippen LogP contribution in [0.5, 0.6) is 0 Å². The molecule has 0 unspecified atom stereocenters. The van der Waals surface area contributed by atoms with Gasteiger partial charge in [0.25, 0.3) is 0 Å². The SMILES string of the molecule is Cc1ccc2c(c1)C(C)(C)c1cc(N(C)c3ccc(F)cc3)ccc1-2. The van der Waals surface area contributed by atoms with Crippen molar-refractivity contribution in [3.8, 4) is 11.1 Å². The Balaban J connectivity index is 1.80. The Morgan fingerprint density at radius 1 is 0.760 bits per heavy atom. The molecule has 0 saturated carbocycles. The molecular formula is C23H22FN. The van der Waals surface area contributed by atoms with Crippen LogP contribution in [0.2, 0.25) is 0 Å². The van der Waals surface area contributed by atoms with Gasteiger partial charge in [0.1, 0.15) is 5.82 Å². The lowest BCUT2D eigenvalue weighted by Gasteiger charge is -2.25. The van der Waals surface area contributed by atoms with Crippen LogP contribution in [-0.4, -0.2) is 7.05 Å². The fourth-order valence-corrected chi connectivity index (χ4v) is 3.86. The van der Waals surface area contributed by atoms with E-state index in [1.165, 1.54) is 39.9 Å². The monoisotopic (exact) mass is 331 g/mol. The third-order valence-electron chi connectivity index (χ3n) is 5.42. The van der Waals surface area contributed by atoms with Gasteiger partial charge in [0, 0.05) is 23.8 Å². The van der Waals surface area contributed by atoms with Crippen LogP contribution in [0.3, 0.4) is 0 Å². The van der Waals surface area contributed by atoms with Gasteiger partial charge in [-0.1, -0.05) is 43.7 Å². The quantitative estimate of drug-likeness (QED) is 0.540. The number of rotatable bonds is 2. The number of benzene rings is 3. The Labute approximate surface area is 148 Å². The normalized spacial score (nSPS) is 14.1. The smallest absolute Gasteiger partial charge is 0.123 e. The molecular weight excluding hydrogens is 309 g/mol. The van der Waals surface area contributed by atoms with Crippen LogP contribution in [0.15, 0.2) is 60.7 Å². The molecule has 0 fully saturated rings. The lowest BCUT2D eigenvalue weighted by molar-refractivity contribution is 0.628. The van der Waals surface area contributed by atoms with Crippen molar-refractivity contribution in [3.63, 3.8) is 0 Å². The van der Waals surface area contributed by atoms with Crippen molar-refractivity contribution in [1.29, 1.82) is 0 Å². The molecule has 126 valence electrons. The molecule has 2 heteroatoms. The molecule has 1 aliphatic carbocycles. The van der Waals surface area contributed by atoms with E-state index in [2.05, 4.69) is 62.1 Å². The maximum Gasteiger partial charge on any atom is 0.123 e. The second-order valence-electron chi connectivity index (χ2n) is 7.44. The van der Waals surface area contributed by atoms with Crippen molar-refractivity contribution in [2.24, 2.45) is 0 Å². The van der Waals surface area contributed by atoms with Crippen molar-refractivity contribution in [2.75, 3.05) is 11.9 Å². The molecule has 0 amide bonds. The number of nitrogens with zero attached hydrogens (tertiary/aromatic N) is 1. The zero-order valence-corrected chi connectivity index (χ0v) is 15.1. The van der Waals surface area contributed by atoms with E-state index >= 15 is 0 Å². The first kappa shape index (κ1) is 15.9. The van der Waals surface area contributed by atoms with Crippen LogP contribution in [0.1, 0.15) is 30.5 Å². The van der Waals surface area contributed by atoms with E-state index in [1.807, 2.05) is 19.2 Å². The van der Waals surface area contributed by atoms with Crippen molar-refractivity contribution < 1.29 is 4.39 Å². The van der Waals surface area contributed by atoms with E-state index in [0.29, 0.717) is 0 Å². The fraction of sp³-hybridized carbons (Fsp3) is 0.217. The third-order valence-corrected chi connectivity index (χ3v) is 5.42. The third kappa shape index (κ3) is 2.44. The first-order valence-corrected chi connectivity index (χ1v) is 8.63. The van der Waals surface area contributed by atoms with E-state index in [0.717, 1.165) is 11.4 Å². The van der Waals surface area contributed by atoms with Gasteiger partial charge in [-0.3, -0.25) is 0 Å². The van der Waals surface area contributed by atoms with Gasteiger partial charge in [0.2, 0.25) is 0 Å². The predicted octanol–water partition coefficient (Wildman–Crippen LogP) is 6.21. The maximum atomic E-state index is 13.2. The molecule has 0 bridgehead atoms. The van der Waals surface area contributed by atoms with E-state index in [4.69, 9.17) is 0 Å². The van der Waals surface area contributed by atoms with Crippen LogP contribution >= 0.6 is 0 Å². The molecule has 0 atom stereocenters. The van der Waals surface area contributed by atoms with E-state index in [-0.39, 0.29) is 11.2 Å². The Bertz CT molecular complexity index is 954. The van der Waals surface area contributed by atoms with Gasteiger partial charge < -0.3 is 4.90 Å². The Morgan fingerprint density at radius 2 is 1.32 bits per heavy atom. The molecule has 25 heavy (non-hydrogen) atoms. The summed E-state index contributed by atoms with van der Waals surface area (Å²) >= 11 is 0. The number of hydrogen-bond donors (Lipinski definition) is 0. The van der Waals surface area contributed by atoms with Crippen molar-refractivity contribution >= 4 is 11.4 Å². The lowest BCUT2D eigenvalue weighted by Crippen LogP contribution is -2.16. The van der Waals surface area contributed by atoms with Gasteiger partial charge in [-0.25, -0.2) is 4.39 Å². The molecule has 0 saturated heterocycles. The van der Waals surface area contributed by atoms with Crippen LogP contribution in [-0.2, 0) is 5.41 Å². The van der Waals surface area contributed by atoms with Gasteiger partial charge >= 0.3 is 0 Å². The van der Waals surface area contributed by atoms with Gasteiger partial charge in [0.15, 0.2) is 0 Å². The maximum absolute atomic E-state index is 13.2. The highest BCUT2D eigenvalue weighted by Gasteiger charge is 2.35. The summed E-state index contributed by atoms with van der Waals surface area (Å²) in [5.41, 5.74) is 8.76. The number of fused-ring (bicyclic) bond motifs is 3. The summed E-state index contributed by atoms with van der Waals surface area (Å²) in [5.74, 6) is -0.210. The fourth-order valence-electron chi connectivity index (χ4n) is 3.86. The highest BCUT2D eigenvalue weighted by Crippen LogP contribution is 2.50. The predicted molar refractivity (Wildman–Crippen MR) is 103 cm³/mol. The second kappa shape index (κ2) is 5.45. The molecule has 0 spiro atoms. The zero-order valence-electron chi connectivity index (χ0n) is 15.1. The molecule has 0 radical (unpaired) electrons. The van der Waals surface area contributed by atoms with Gasteiger partial charge in [-0.05, 0) is 65.6 Å². The molecule has 0 aliphatic heterocycles. The molecule has 0 N–H and O–H groups in total. The minimum Gasteiger partial charge on any atom is -0.345 e. The molecule has 4 rings (SSSR count).